The van der Waals surface area contributed by atoms with E-state index < -0.39 is 0 Å². The summed E-state index contributed by atoms with van der Waals surface area (Å²) in [6.07, 6.45) is 1.88. The van der Waals surface area contributed by atoms with E-state index in [2.05, 4.69) is 30.9 Å². The molecule has 0 amide bonds. The first-order chi connectivity index (χ1) is 8.10. The Bertz CT molecular complexity index is 564. The van der Waals surface area contributed by atoms with Gasteiger partial charge in [0, 0.05) is 15.1 Å². The fourth-order valence-electron chi connectivity index (χ4n) is 1.25. The van der Waals surface area contributed by atoms with Crippen molar-refractivity contribution in [2.75, 3.05) is 12.0 Å². The smallest absolute Gasteiger partial charge is 0.224 e. The van der Waals surface area contributed by atoms with Crippen molar-refractivity contribution in [1.82, 2.24) is 15.0 Å². The Morgan fingerprint density at radius 3 is 2.76 bits per heavy atom. The van der Waals surface area contributed by atoms with Crippen LogP contribution in [0.4, 0.5) is 5.95 Å². The quantitative estimate of drug-likeness (QED) is 0.856. The van der Waals surface area contributed by atoms with Crippen molar-refractivity contribution in [3.05, 3.63) is 27.7 Å². The Morgan fingerprint density at radius 1 is 1.29 bits per heavy atom. The molecule has 0 spiro atoms. The Kier molecular flexibility index (Phi) is 3.86. The normalized spacial score (nSPS) is 10.5. The molecule has 0 bridgehead atoms. The highest BCUT2D eigenvalue weighted by molar-refractivity contribution is 9.10. The topological polar surface area (TPSA) is 64.7 Å². The minimum Gasteiger partial charge on any atom is -0.368 e. The molecular weight excluding hydrogens is 324 g/mol. The van der Waals surface area contributed by atoms with Crippen LogP contribution in [0, 0.1) is 0 Å². The van der Waals surface area contributed by atoms with Gasteiger partial charge in [-0.05, 0) is 24.5 Å². The Morgan fingerprint density at radius 2 is 2.06 bits per heavy atom. The fourth-order valence-corrected chi connectivity index (χ4v) is 2.21. The summed E-state index contributed by atoms with van der Waals surface area (Å²) >= 11 is 10.8. The summed E-state index contributed by atoms with van der Waals surface area (Å²) in [7, 11) is 0. The first kappa shape index (κ1) is 12.6. The molecule has 7 heteroatoms. The molecule has 1 aromatic heterocycles. The van der Waals surface area contributed by atoms with Crippen molar-refractivity contribution < 1.29 is 0 Å². The predicted molar refractivity (Wildman–Crippen MR) is 74.2 cm³/mol. The molecular formula is C10H8BrClN4S. The molecule has 17 heavy (non-hydrogen) atoms. The summed E-state index contributed by atoms with van der Waals surface area (Å²) in [5, 5.41) is 1.20. The van der Waals surface area contributed by atoms with Crippen molar-refractivity contribution in [3.63, 3.8) is 0 Å². The van der Waals surface area contributed by atoms with Gasteiger partial charge in [-0.15, -0.1) is 0 Å². The molecule has 2 N–H and O–H groups in total. The van der Waals surface area contributed by atoms with Crippen LogP contribution in [-0.4, -0.2) is 21.2 Å². The van der Waals surface area contributed by atoms with Gasteiger partial charge in [-0.1, -0.05) is 39.3 Å². The maximum Gasteiger partial charge on any atom is 0.224 e. The van der Waals surface area contributed by atoms with Crippen LogP contribution >= 0.6 is 39.3 Å². The Labute approximate surface area is 116 Å². The first-order valence-corrected chi connectivity index (χ1v) is 7.00. The molecule has 0 radical (unpaired) electrons. The van der Waals surface area contributed by atoms with E-state index in [-0.39, 0.29) is 5.95 Å². The van der Waals surface area contributed by atoms with Gasteiger partial charge < -0.3 is 5.73 Å². The molecule has 0 aliphatic rings. The number of nitrogens with zero attached hydrogens (tertiary/aromatic N) is 3. The third kappa shape index (κ3) is 2.88. The number of benzene rings is 1. The molecule has 0 unspecified atom stereocenters. The molecule has 4 nitrogen and oxygen atoms in total. The molecule has 1 aromatic carbocycles. The second kappa shape index (κ2) is 5.20. The molecule has 0 aliphatic heterocycles. The first-order valence-electron chi connectivity index (χ1n) is 4.61. The number of thioether (sulfide) groups is 1. The van der Waals surface area contributed by atoms with Crippen molar-refractivity contribution >= 4 is 45.2 Å². The summed E-state index contributed by atoms with van der Waals surface area (Å²) < 4.78 is 0.861. The minimum atomic E-state index is 0.200. The highest BCUT2D eigenvalue weighted by atomic mass is 79.9. The van der Waals surface area contributed by atoms with Crippen LogP contribution in [-0.2, 0) is 0 Å². The fraction of sp³-hybridized carbons (Fsp3) is 0.100. The van der Waals surface area contributed by atoms with E-state index >= 15 is 0 Å². The van der Waals surface area contributed by atoms with Gasteiger partial charge in [0.15, 0.2) is 11.0 Å². The van der Waals surface area contributed by atoms with Gasteiger partial charge in [0.1, 0.15) is 0 Å². The molecule has 0 saturated carbocycles. The summed E-state index contributed by atoms with van der Waals surface area (Å²) in [6.45, 7) is 0. The van der Waals surface area contributed by atoms with E-state index in [0.717, 1.165) is 10.0 Å². The number of nitrogens with two attached hydrogens (primary N) is 1. The standard InChI is InChI=1S/C10H8BrClN4S/c1-17-10-15-8(14-9(13)16-10)6-4-5(12)2-3-7(6)11/h2-4H,1H3,(H2,13,14,15,16). The van der Waals surface area contributed by atoms with Crippen molar-refractivity contribution in [3.8, 4) is 11.4 Å². The van der Waals surface area contributed by atoms with Crippen LogP contribution in [0.2, 0.25) is 5.02 Å². The van der Waals surface area contributed by atoms with Crippen LogP contribution in [0.5, 0.6) is 0 Å². The number of aromatic nitrogens is 3. The highest BCUT2D eigenvalue weighted by Crippen LogP contribution is 2.29. The SMILES string of the molecule is CSc1nc(N)nc(-c2cc(Cl)ccc2Br)n1. The molecule has 0 atom stereocenters. The van der Waals surface area contributed by atoms with E-state index in [9.17, 15) is 0 Å². The third-order valence-electron chi connectivity index (χ3n) is 1.98. The Balaban J connectivity index is 2.59. The lowest BCUT2D eigenvalue weighted by Gasteiger charge is -2.05. The molecule has 2 aromatic rings. The average molecular weight is 332 g/mol. The van der Waals surface area contributed by atoms with E-state index in [1.807, 2.05) is 12.3 Å². The number of hydrogen-bond acceptors (Lipinski definition) is 5. The average Bonchev–Trinajstić information content (AvgIpc) is 2.31. The second-order valence-corrected chi connectivity index (χ2v) is 5.19. The number of halogens is 2. The monoisotopic (exact) mass is 330 g/mol. The molecule has 0 fully saturated rings. The molecule has 2 rings (SSSR count). The van der Waals surface area contributed by atoms with Crippen molar-refractivity contribution in [2.24, 2.45) is 0 Å². The number of hydrogen-bond donors (Lipinski definition) is 1. The minimum absolute atomic E-state index is 0.200. The summed E-state index contributed by atoms with van der Waals surface area (Å²) in [5.74, 6) is 0.711. The third-order valence-corrected chi connectivity index (χ3v) is 3.46. The molecule has 1 heterocycles. The van der Waals surface area contributed by atoms with Crippen LogP contribution < -0.4 is 5.73 Å². The summed E-state index contributed by atoms with van der Waals surface area (Å²) in [6, 6.07) is 5.41. The molecule has 88 valence electrons. The number of anilines is 1. The lowest BCUT2D eigenvalue weighted by molar-refractivity contribution is 0.927. The van der Waals surface area contributed by atoms with Crippen molar-refractivity contribution in [1.29, 1.82) is 0 Å². The molecule has 0 aliphatic carbocycles. The lowest BCUT2D eigenvalue weighted by Crippen LogP contribution is -2.01. The van der Waals surface area contributed by atoms with Crippen LogP contribution in [0.25, 0.3) is 11.4 Å². The molecule has 0 saturated heterocycles. The van der Waals surface area contributed by atoms with Crippen LogP contribution in [0.1, 0.15) is 0 Å². The summed E-state index contributed by atoms with van der Waals surface area (Å²) in [5.41, 5.74) is 6.43. The maximum atomic E-state index is 5.95. The van der Waals surface area contributed by atoms with Crippen LogP contribution in [0.3, 0.4) is 0 Å². The zero-order valence-corrected chi connectivity index (χ0v) is 12.0. The Hall–Kier alpha value is -0.850. The van der Waals surface area contributed by atoms with Crippen LogP contribution in [0.15, 0.2) is 27.8 Å². The zero-order chi connectivity index (χ0) is 12.4. The van der Waals surface area contributed by atoms with Gasteiger partial charge in [-0.3, -0.25) is 0 Å². The number of nitrogen functional groups attached to an aromatic ring is 1. The van der Waals surface area contributed by atoms with E-state index in [1.54, 1.807) is 12.1 Å². The van der Waals surface area contributed by atoms with Gasteiger partial charge in [0.05, 0.1) is 0 Å². The predicted octanol–water partition coefficient (Wildman–Crippen LogP) is 3.26. The number of rotatable bonds is 2. The van der Waals surface area contributed by atoms with Gasteiger partial charge in [-0.2, -0.15) is 9.97 Å². The summed E-state index contributed by atoms with van der Waals surface area (Å²) in [4.78, 5) is 12.4. The van der Waals surface area contributed by atoms with Gasteiger partial charge >= 0.3 is 0 Å². The second-order valence-electron chi connectivity index (χ2n) is 3.13. The van der Waals surface area contributed by atoms with E-state index in [4.69, 9.17) is 17.3 Å². The van der Waals surface area contributed by atoms with Gasteiger partial charge in [-0.25, -0.2) is 4.98 Å². The van der Waals surface area contributed by atoms with E-state index in [1.165, 1.54) is 11.8 Å². The lowest BCUT2D eigenvalue weighted by atomic mass is 10.2. The van der Waals surface area contributed by atoms with Crippen molar-refractivity contribution in [2.45, 2.75) is 5.16 Å². The zero-order valence-electron chi connectivity index (χ0n) is 8.82. The van der Waals surface area contributed by atoms with E-state index in [0.29, 0.717) is 16.0 Å². The highest BCUT2D eigenvalue weighted by Gasteiger charge is 2.10. The van der Waals surface area contributed by atoms with Gasteiger partial charge in [0.2, 0.25) is 5.95 Å². The largest absolute Gasteiger partial charge is 0.368 e. The van der Waals surface area contributed by atoms with Gasteiger partial charge in [0.25, 0.3) is 0 Å². The maximum absolute atomic E-state index is 5.95.